The molecule has 0 unspecified atom stereocenters. The van der Waals surface area contributed by atoms with Gasteiger partial charge in [0.05, 0.1) is 40.3 Å². The lowest BCUT2D eigenvalue weighted by molar-refractivity contribution is -0.931. The van der Waals surface area contributed by atoms with Crippen molar-refractivity contribution in [3.63, 3.8) is 0 Å². The molecule has 0 atom stereocenters. The van der Waals surface area contributed by atoms with Crippen molar-refractivity contribution in [1.29, 1.82) is 0 Å². The molecule has 2 aromatic rings. The number of aryl methyl sites for hydroxylation is 2. The maximum absolute atomic E-state index is 2.48. The Morgan fingerprint density at radius 3 is 1.17 bits per heavy atom. The fourth-order valence-electron chi connectivity index (χ4n) is 5.95. The molecule has 0 radical (unpaired) electrons. The van der Waals surface area contributed by atoms with Crippen LogP contribution in [0, 0.1) is 25.7 Å². The summed E-state index contributed by atoms with van der Waals surface area (Å²) in [5.74, 6) is 1.92. The van der Waals surface area contributed by atoms with Gasteiger partial charge in [0.1, 0.15) is 13.1 Å². The zero-order chi connectivity index (χ0) is 21.2. The maximum atomic E-state index is 2.48. The van der Waals surface area contributed by atoms with Crippen LogP contribution in [0.2, 0.25) is 0 Å². The number of nitrogens with zero attached hydrogens (tertiary/aromatic N) is 2. The van der Waals surface area contributed by atoms with E-state index in [0.29, 0.717) is 0 Å². The summed E-state index contributed by atoms with van der Waals surface area (Å²) in [4.78, 5) is 0. The summed E-state index contributed by atoms with van der Waals surface area (Å²) in [6, 6.07) is 18.4. The van der Waals surface area contributed by atoms with Gasteiger partial charge in [0.2, 0.25) is 0 Å². The molecule has 2 aromatic carbocycles. The first kappa shape index (κ1) is 21.6. The SMILES string of the molecule is Cc1ccc(C[N+]2(C)CCC(C3CC[N+](C)(Cc4ccc(C)cc4)CC3)CC2)cc1. The van der Waals surface area contributed by atoms with Crippen LogP contribution < -0.4 is 0 Å². The van der Waals surface area contributed by atoms with Gasteiger partial charge in [0, 0.05) is 11.1 Å². The number of piperidine rings is 2. The minimum absolute atomic E-state index is 0.961. The smallest absolute Gasteiger partial charge is 0.104 e. The van der Waals surface area contributed by atoms with E-state index in [1.165, 1.54) is 96.2 Å². The third-order valence-electron chi connectivity index (χ3n) is 8.20. The highest BCUT2D eigenvalue weighted by Crippen LogP contribution is 2.36. The van der Waals surface area contributed by atoms with Crippen LogP contribution in [0.25, 0.3) is 0 Å². The van der Waals surface area contributed by atoms with Crippen molar-refractivity contribution in [1.82, 2.24) is 0 Å². The Morgan fingerprint density at radius 2 is 0.867 bits per heavy atom. The predicted octanol–water partition coefficient (Wildman–Crippen LogP) is 5.72. The first-order valence-corrected chi connectivity index (χ1v) is 12.1. The first-order chi connectivity index (χ1) is 14.3. The van der Waals surface area contributed by atoms with Crippen molar-refractivity contribution in [3.05, 3.63) is 70.8 Å². The minimum Gasteiger partial charge on any atom is -0.322 e. The lowest BCUT2D eigenvalue weighted by Gasteiger charge is -2.46. The van der Waals surface area contributed by atoms with E-state index in [9.17, 15) is 0 Å². The van der Waals surface area contributed by atoms with Crippen molar-refractivity contribution in [3.8, 4) is 0 Å². The Hall–Kier alpha value is -1.64. The molecule has 162 valence electrons. The van der Waals surface area contributed by atoms with Crippen molar-refractivity contribution in [2.24, 2.45) is 11.8 Å². The number of hydrogen-bond donors (Lipinski definition) is 0. The minimum atomic E-state index is 0.961. The summed E-state index contributed by atoms with van der Waals surface area (Å²) in [5, 5.41) is 0. The lowest BCUT2D eigenvalue weighted by Crippen LogP contribution is -2.53. The van der Waals surface area contributed by atoms with Crippen LogP contribution in [-0.2, 0) is 13.1 Å². The van der Waals surface area contributed by atoms with Crippen LogP contribution in [0.15, 0.2) is 48.5 Å². The number of likely N-dealkylation sites (tertiary alicyclic amines) is 2. The molecule has 2 heterocycles. The zero-order valence-corrected chi connectivity index (χ0v) is 19.7. The van der Waals surface area contributed by atoms with Gasteiger partial charge < -0.3 is 8.97 Å². The van der Waals surface area contributed by atoms with Crippen molar-refractivity contribution < 1.29 is 8.97 Å². The van der Waals surface area contributed by atoms with Crippen molar-refractivity contribution in [2.45, 2.75) is 52.6 Å². The van der Waals surface area contributed by atoms with E-state index in [1.807, 2.05) is 0 Å². The standard InChI is InChI=1S/C28H42N2/c1-23-5-9-25(10-6-23)21-29(3)17-13-27(14-18-29)28-15-19-30(4,20-16-28)22-26-11-7-24(2)8-12-26/h5-12,27-28H,13-22H2,1-4H3/q+2. The van der Waals surface area contributed by atoms with Gasteiger partial charge >= 0.3 is 0 Å². The van der Waals surface area contributed by atoms with Crippen molar-refractivity contribution in [2.75, 3.05) is 40.3 Å². The topological polar surface area (TPSA) is 0 Å². The Bertz CT molecular complexity index is 733. The van der Waals surface area contributed by atoms with E-state index in [1.54, 1.807) is 0 Å². The average Bonchev–Trinajstić information content (AvgIpc) is 2.73. The third-order valence-corrected chi connectivity index (χ3v) is 8.20. The summed E-state index contributed by atoms with van der Waals surface area (Å²) in [5.41, 5.74) is 5.74. The van der Waals surface area contributed by atoms with E-state index < -0.39 is 0 Å². The molecule has 0 aromatic heterocycles. The van der Waals surface area contributed by atoms with E-state index in [2.05, 4.69) is 76.5 Å². The van der Waals surface area contributed by atoms with Gasteiger partial charge in [0.25, 0.3) is 0 Å². The summed E-state index contributed by atoms with van der Waals surface area (Å²) in [6.07, 6.45) is 5.70. The molecule has 30 heavy (non-hydrogen) atoms. The van der Waals surface area contributed by atoms with E-state index >= 15 is 0 Å². The molecule has 2 fully saturated rings. The number of quaternary nitrogens is 2. The van der Waals surface area contributed by atoms with Crippen LogP contribution in [-0.4, -0.2) is 49.2 Å². The summed E-state index contributed by atoms with van der Waals surface area (Å²) in [6.45, 7) is 12.2. The highest BCUT2D eigenvalue weighted by Gasteiger charge is 2.38. The zero-order valence-electron chi connectivity index (χ0n) is 19.7. The highest BCUT2D eigenvalue weighted by atomic mass is 15.3. The van der Waals surface area contributed by atoms with Crippen LogP contribution in [0.3, 0.4) is 0 Å². The molecule has 0 bridgehead atoms. The van der Waals surface area contributed by atoms with E-state index in [4.69, 9.17) is 0 Å². The van der Waals surface area contributed by atoms with Gasteiger partial charge in [-0.05, 0) is 51.4 Å². The second-order valence-electron chi connectivity index (χ2n) is 11.1. The summed E-state index contributed by atoms with van der Waals surface area (Å²) < 4.78 is 2.46. The molecule has 0 aliphatic carbocycles. The number of benzene rings is 2. The van der Waals surface area contributed by atoms with Gasteiger partial charge in [-0.25, -0.2) is 0 Å². The quantitative estimate of drug-likeness (QED) is 0.557. The van der Waals surface area contributed by atoms with Gasteiger partial charge in [-0.3, -0.25) is 0 Å². The van der Waals surface area contributed by atoms with Gasteiger partial charge in [-0.15, -0.1) is 0 Å². The Kier molecular flexibility index (Phi) is 6.36. The molecule has 2 saturated heterocycles. The molecular formula is C28H42N2+2. The predicted molar refractivity (Wildman–Crippen MR) is 127 cm³/mol. The van der Waals surface area contributed by atoms with Gasteiger partial charge in [0.15, 0.2) is 0 Å². The van der Waals surface area contributed by atoms with Crippen LogP contribution in [0.5, 0.6) is 0 Å². The average molecular weight is 407 g/mol. The molecule has 2 heteroatoms. The van der Waals surface area contributed by atoms with Gasteiger partial charge in [-0.1, -0.05) is 59.7 Å². The van der Waals surface area contributed by atoms with Gasteiger partial charge in [-0.2, -0.15) is 0 Å². The first-order valence-electron chi connectivity index (χ1n) is 12.1. The number of hydrogen-bond acceptors (Lipinski definition) is 0. The second-order valence-corrected chi connectivity index (χ2v) is 11.1. The number of rotatable bonds is 5. The molecule has 0 N–H and O–H groups in total. The largest absolute Gasteiger partial charge is 0.322 e. The Balaban J connectivity index is 1.26. The lowest BCUT2D eigenvalue weighted by atomic mass is 9.77. The summed E-state index contributed by atoms with van der Waals surface area (Å²) >= 11 is 0. The van der Waals surface area contributed by atoms with E-state index in [0.717, 1.165) is 11.8 Å². The molecule has 4 rings (SSSR count). The fourth-order valence-corrected chi connectivity index (χ4v) is 5.95. The second kappa shape index (κ2) is 8.85. The van der Waals surface area contributed by atoms with Crippen molar-refractivity contribution >= 4 is 0 Å². The monoisotopic (exact) mass is 406 g/mol. The third kappa shape index (κ3) is 5.34. The normalized spacial score (nSPS) is 32.1. The van der Waals surface area contributed by atoms with Crippen LogP contribution in [0.1, 0.15) is 47.9 Å². The molecule has 2 aliphatic heterocycles. The molecular weight excluding hydrogens is 364 g/mol. The highest BCUT2D eigenvalue weighted by molar-refractivity contribution is 5.21. The Morgan fingerprint density at radius 1 is 0.567 bits per heavy atom. The molecule has 2 nitrogen and oxygen atoms in total. The molecule has 0 amide bonds. The molecule has 2 aliphatic rings. The van der Waals surface area contributed by atoms with Crippen LogP contribution >= 0.6 is 0 Å². The Labute approximate surface area is 184 Å². The summed E-state index contributed by atoms with van der Waals surface area (Å²) in [7, 11) is 4.96. The van der Waals surface area contributed by atoms with E-state index in [-0.39, 0.29) is 0 Å². The fraction of sp³-hybridized carbons (Fsp3) is 0.571. The molecule has 0 spiro atoms. The van der Waals surface area contributed by atoms with Crippen LogP contribution in [0.4, 0.5) is 0 Å². The maximum Gasteiger partial charge on any atom is 0.104 e. The molecule has 0 saturated carbocycles.